The Bertz CT molecular complexity index is 496. The summed E-state index contributed by atoms with van der Waals surface area (Å²) in [5, 5.41) is 0. The SMILES string of the molecule is COc1ccc(C)cc1CN1CCN([C@H](C)C(N)=O)CC1. The third-order valence-corrected chi connectivity index (χ3v) is 4.20. The van der Waals surface area contributed by atoms with Gasteiger partial charge in [0.25, 0.3) is 0 Å². The molecule has 1 aromatic carbocycles. The molecule has 0 radical (unpaired) electrons. The van der Waals surface area contributed by atoms with Crippen LogP contribution in [0.15, 0.2) is 18.2 Å². The molecule has 1 aromatic rings. The lowest BCUT2D eigenvalue weighted by atomic mass is 10.1. The number of nitrogens with zero attached hydrogens (tertiary/aromatic N) is 2. The molecule has 1 amide bonds. The van der Waals surface area contributed by atoms with E-state index in [-0.39, 0.29) is 11.9 Å². The van der Waals surface area contributed by atoms with E-state index in [1.165, 1.54) is 11.1 Å². The minimum absolute atomic E-state index is 0.180. The van der Waals surface area contributed by atoms with Crippen molar-refractivity contribution in [2.24, 2.45) is 5.73 Å². The molecule has 0 unspecified atom stereocenters. The third-order valence-electron chi connectivity index (χ3n) is 4.20. The van der Waals surface area contributed by atoms with Crippen molar-refractivity contribution in [2.45, 2.75) is 26.4 Å². The highest BCUT2D eigenvalue weighted by molar-refractivity contribution is 5.79. The number of methoxy groups -OCH3 is 1. The van der Waals surface area contributed by atoms with E-state index in [1.807, 2.05) is 13.0 Å². The van der Waals surface area contributed by atoms with Crippen LogP contribution in [0.25, 0.3) is 0 Å². The predicted octanol–water partition coefficient (Wildman–Crippen LogP) is 0.995. The molecule has 1 fully saturated rings. The number of piperazine rings is 1. The highest BCUT2D eigenvalue weighted by Gasteiger charge is 2.24. The minimum Gasteiger partial charge on any atom is -0.496 e. The van der Waals surface area contributed by atoms with Crippen LogP contribution in [0.1, 0.15) is 18.1 Å². The summed E-state index contributed by atoms with van der Waals surface area (Å²) in [6.45, 7) is 8.47. The van der Waals surface area contributed by atoms with Gasteiger partial charge in [0, 0.05) is 38.3 Å². The van der Waals surface area contributed by atoms with Gasteiger partial charge < -0.3 is 10.5 Å². The summed E-state index contributed by atoms with van der Waals surface area (Å²) in [6.07, 6.45) is 0. The van der Waals surface area contributed by atoms with Crippen LogP contribution >= 0.6 is 0 Å². The van der Waals surface area contributed by atoms with Crippen LogP contribution < -0.4 is 10.5 Å². The zero-order valence-corrected chi connectivity index (χ0v) is 13.1. The van der Waals surface area contributed by atoms with Gasteiger partial charge in [-0.3, -0.25) is 14.6 Å². The van der Waals surface area contributed by atoms with E-state index in [0.29, 0.717) is 0 Å². The van der Waals surface area contributed by atoms with Crippen LogP contribution in [-0.2, 0) is 11.3 Å². The summed E-state index contributed by atoms with van der Waals surface area (Å²) in [4.78, 5) is 15.8. The molecule has 1 aliphatic heterocycles. The van der Waals surface area contributed by atoms with E-state index in [0.717, 1.165) is 38.5 Å². The molecule has 0 aromatic heterocycles. The van der Waals surface area contributed by atoms with E-state index in [1.54, 1.807) is 7.11 Å². The van der Waals surface area contributed by atoms with Gasteiger partial charge in [-0.15, -0.1) is 0 Å². The van der Waals surface area contributed by atoms with Crippen molar-refractivity contribution in [1.82, 2.24) is 9.80 Å². The van der Waals surface area contributed by atoms with Crippen molar-refractivity contribution < 1.29 is 9.53 Å². The van der Waals surface area contributed by atoms with E-state index >= 15 is 0 Å². The van der Waals surface area contributed by atoms with E-state index in [9.17, 15) is 4.79 Å². The first-order chi connectivity index (χ1) is 10.0. The summed E-state index contributed by atoms with van der Waals surface area (Å²) in [7, 11) is 1.71. The normalized spacial score (nSPS) is 18.4. The molecule has 1 atom stereocenters. The second kappa shape index (κ2) is 6.91. The molecule has 5 nitrogen and oxygen atoms in total. The van der Waals surface area contributed by atoms with Crippen LogP contribution in [0, 0.1) is 6.92 Å². The van der Waals surface area contributed by atoms with Gasteiger partial charge >= 0.3 is 0 Å². The van der Waals surface area contributed by atoms with E-state index in [2.05, 4.69) is 28.9 Å². The Morgan fingerprint density at radius 3 is 2.57 bits per heavy atom. The van der Waals surface area contributed by atoms with Crippen molar-refractivity contribution in [1.29, 1.82) is 0 Å². The Kier molecular flexibility index (Phi) is 5.20. The second-order valence-corrected chi connectivity index (χ2v) is 5.71. The van der Waals surface area contributed by atoms with Crippen molar-refractivity contribution >= 4 is 5.91 Å². The number of aryl methyl sites for hydroxylation is 1. The third kappa shape index (κ3) is 3.95. The number of amides is 1. The van der Waals surface area contributed by atoms with Crippen molar-refractivity contribution in [3.8, 4) is 5.75 Å². The minimum atomic E-state index is -0.246. The van der Waals surface area contributed by atoms with Crippen LogP contribution in [0.2, 0.25) is 0 Å². The Morgan fingerprint density at radius 1 is 1.33 bits per heavy atom. The first kappa shape index (κ1) is 15.8. The van der Waals surface area contributed by atoms with Crippen LogP contribution in [0.3, 0.4) is 0 Å². The lowest BCUT2D eigenvalue weighted by Crippen LogP contribution is -2.52. The van der Waals surface area contributed by atoms with Crippen molar-refractivity contribution in [2.75, 3.05) is 33.3 Å². The van der Waals surface area contributed by atoms with Gasteiger partial charge in [-0.05, 0) is 19.9 Å². The van der Waals surface area contributed by atoms with Crippen LogP contribution in [-0.4, -0.2) is 55.0 Å². The fourth-order valence-electron chi connectivity index (χ4n) is 2.76. The molecule has 1 saturated heterocycles. The van der Waals surface area contributed by atoms with Gasteiger partial charge in [-0.25, -0.2) is 0 Å². The van der Waals surface area contributed by atoms with Gasteiger partial charge in [-0.2, -0.15) is 0 Å². The first-order valence-corrected chi connectivity index (χ1v) is 7.40. The molecule has 0 bridgehead atoms. The molecule has 2 rings (SSSR count). The summed E-state index contributed by atoms with van der Waals surface area (Å²) in [6, 6.07) is 6.09. The smallest absolute Gasteiger partial charge is 0.234 e. The number of ether oxygens (including phenoxy) is 1. The summed E-state index contributed by atoms with van der Waals surface area (Å²) >= 11 is 0. The zero-order valence-electron chi connectivity index (χ0n) is 13.1. The maximum absolute atomic E-state index is 11.2. The molecule has 21 heavy (non-hydrogen) atoms. The standard InChI is InChI=1S/C16H25N3O2/c1-12-4-5-15(21-3)14(10-12)11-18-6-8-19(9-7-18)13(2)16(17)20/h4-5,10,13H,6-9,11H2,1-3H3,(H2,17,20)/t13-/m1/s1. The van der Waals surface area contributed by atoms with E-state index in [4.69, 9.17) is 10.5 Å². The number of benzene rings is 1. The number of nitrogens with two attached hydrogens (primary N) is 1. The molecular formula is C16H25N3O2. The highest BCUT2D eigenvalue weighted by atomic mass is 16.5. The largest absolute Gasteiger partial charge is 0.496 e. The summed E-state index contributed by atoms with van der Waals surface area (Å²) in [5.74, 6) is 0.692. The van der Waals surface area contributed by atoms with Gasteiger partial charge in [0.05, 0.1) is 13.2 Å². The average molecular weight is 291 g/mol. The fraction of sp³-hybridized carbons (Fsp3) is 0.562. The number of rotatable bonds is 5. The molecule has 5 heteroatoms. The van der Waals surface area contributed by atoms with Crippen LogP contribution in [0.5, 0.6) is 5.75 Å². The molecule has 0 aliphatic carbocycles. The molecule has 1 heterocycles. The molecular weight excluding hydrogens is 266 g/mol. The van der Waals surface area contributed by atoms with Gasteiger partial charge in [0.1, 0.15) is 5.75 Å². The molecule has 0 saturated carbocycles. The van der Waals surface area contributed by atoms with Crippen LogP contribution in [0.4, 0.5) is 0 Å². The Hall–Kier alpha value is -1.59. The Morgan fingerprint density at radius 2 is 2.00 bits per heavy atom. The van der Waals surface area contributed by atoms with E-state index < -0.39 is 0 Å². The Labute approximate surface area is 126 Å². The number of primary amides is 1. The second-order valence-electron chi connectivity index (χ2n) is 5.71. The van der Waals surface area contributed by atoms with Gasteiger partial charge in [0.2, 0.25) is 5.91 Å². The fourth-order valence-corrected chi connectivity index (χ4v) is 2.76. The molecule has 1 aliphatic rings. The lowest BCUT2D eigenvalue weighted by molar-refractivity contribution is -0.123. The molecule has 2 N–H and O–H groups in total. The molecule has 0 spiro atoms. The number of carbonyl (C=O) groups is 1. The quantitative estimate of drug-likeness (QED) is 0.879. The monoisotopic (exact) mass is 291 g/mol. The maximum atomic E-state index is 11.2. The summed E-state index contributed by atoms with van der Waals surface area (Å²) < 4.78 is 5.43. The van der Waals surface area contributed by atoms with Gasteiger partial charge in [0.15, 0.2) is 0 Å². The average Bonchev–Trinajstić information content (AvgIpc) is 2.47. The first-order valence-electron chi connectivity index (χ1n) is 7.40. The Balaban J connectivity index is 1.95. The van der Waals surface area contributed by atoms with Crippen molar-refractivity contribution in [3.63, 3.8) is 0 Å². The number of hydrogen-bond donors (Lipinski definition) is 1. The topological polar surface area (TPSA) is 58.8 Å². The highest BCUT2D eigenvalue weighted by Crippen LogP contribution is 2.22. The predicted molar refractivity (Wildman–Crippen MR) is 83.2 cm³/mol. The van der Waals surface area contributed by atoms with Crippen molar-refractivity contribution in [3.05, 3.63) is 29.3 Å². The number of hydrogen-bond acceptors (Lipinski definition) is 4. The zero-order chi connectivity index (χ0) is 15.4. The lowest BCUT2D eigenvalue weighted by Gasteiger charge is -2.37. The summed E-state index contributed by atoms with van der Waals surface area (Å²) in [5.41, 5.74) is 7.83. The molecule has 116 valence electrons. The number of carbonyl (C=O) groups excluding carboxylic acids is 1. The van der Waals surface area contributed by atoms with Gasteiger partial charge in [-0.1, -0.05) is 17.7 Å². The maximum Gasteiger partial charge on any atom is 0.234 e.